The molecule has 2 rings (SSSR count). The minimum atomic E-state index is -0.601. The van der Waals surface area contributed by atoms with Gasteiger partial charge in [-0.2, -0.15) is 0 Å². The maximum absolute atomic E-state index is 13.1. The SMILES string of the molecule is CC1CCC(N(C)C(=O)C(C)Oc2cccc(F)c2)CC1. The molecule has 0 bridgehead atoms. The first-order valence-electron chi connectivity index (χ1n) is 7.66. The van der Waals surface area contributed by atoms with Crippen LogP contribution in [0.1, 0.15) is 39.5 Å². The molecule has 0 saturated heterocycles. The van der Waals surface area contributed by atoms with Gasteiger partial charge in [0.25, 0.3) is 5.91 Å². The van der Waals surface area contributed by atoms with Gasteiger partial charge in [-0.25, -0.2) is 4.39 Å². The van der Waals surface area contributed by atoms with Crippen LogP contribution in [0.3, 0.4) is 0 Å². The lowest BCUT2D eigenvalue weighted by atomic mass is 9.86. The van der Waals surface area contributed by atoms with E-state index >= 15 is 0 Å². The number of likely N-dealkylation sites (N-methyl/N-ethyl adjacent to an activating group) is 1. The van der Waals surface area contributed by atoms with Crippen LogP contribution in [0.4, 0.5) is 4.39 Å². The van der Waals surface area contributed by atoms with Crippen molar-refractivity contribution < 1.29 is 13.9 Å². The van der Waals surface area contributed by atoms with Crippen molar-refractivity contribution in [3.05, 3.63) is 30.1 Å². The normalized spacial score (nSPS) is 23.4. The summed E-state index contributed by atoms with van der Waals surface area (Å²) in [6.45, 7) is 3.98. The molecule has 0 aromatic heterocycles. The molecule has 1 fully saturated rings. The van der Waals surface area contributed by atoms with Gasteiger partial charge >= 0.3 is 0 Å². The number of ether oxygens (including phenoxy) is 1. The Hall–Kier alpha value is -1.58. The van der Waals surface area contributed by atoms with E-state index < -0.39 is 6.10 Å². The first-order chi connectivity index (χ1) is 9.97. The lowest BCUT2D eigenvalue weighted by Gasteiger charge is -2.34. The maximum Gasteiger partial charge on any atom is 0.263 e. The summed E-state index contributed by atoms with van der Waals surface area (Å²) in [5.41, 5.74) is 0. The highest BCUT2D eigenvalue weighted by Crippen LogP contribution is 2.27. The Kier molecular flexibility index (Phi) is 5.21. The van der Waals surface area contributed by atoms with Crippen molar-refractivity contribution >= 4 is 5.91 Å². The van der Waals surface area contributed by atoms with Crippen LogP contribution >= 0.6 is 0 Å². The van der Waals surface area contributed by atoms with E-state index in [1.807, 2.05) is 7.05 Å². The number of rotatable bonds is 4. The van der Waals surface area contributed by atoms with Crippen LogP contribution in [-0.4, -0.2) is 30.0 Å². The van der Waals surface area contributed by atoms with Crippen LogP contribution in [-0.2, 0) is 4.79 Å². The third-order valence-electron chi connectivity index (χ3n) is 4.34. The van der Waals surface area contributed by atoms with Crippen LogP contribution in [0.5, 0.6) is 5.75 Å². The smallest absolute Gasteiger partial charge is 0.263 e. The summed E-state index contributed by atoms with van der Waals surface area (Å²) in [6.07, 6.45) is 3.84. The number of halogens is 1. The standard InChI is InChI=1S/C17H24FNO2/c1-12-7-9-15(10-8-12)19(3)17(20)13(2)21-16-6-4-5-14(18)11-16/h4-6,11-13,15H,7-10H2,1-3H3. The molecule has 1 aliphatic rings. The Morgan fingerprint density at radius 1 is 1.33 bits per heavy atom. The molecule has 0 heterocycles. The number of hydrogen-bond acceptors (Lipinski definition) is 2. The maximum atomic E-state index is 13.1. The van der Waals surface area contributed by atoms with Crippen LogP contribution in [0.2, 0.25) is 0 Å². The number of nitrogens with zero attached hydrogens (tertiary/aromatic N) is 1. The second-order valence-electron chi connectivity index (χ2n) is 6.08. The van der Waals surface area contributed by atoms with Crippen molar-refractivity contribution in [1.29, 1.82) is 0 Å². The van der Waals surface area contributed by atoms with E-state index in [0.29, 0.717) is 11.8 Å². The predicted octanol–water partition coefficient (Wildman–Crippen LogP) is 3.63. The second kappa shape index (κ2) is 6.92. The quantitative estimate of drug-likeness (QED) is 0.848. The first kappa shape index (κ1) is 15.8. The molecule has 1 aromatic rings. The van der Waals surface area contributed by atoms with Gasteiger partial charge in [0.2, 0.25) is 0 Å². The molecule has 3 nitrogen and oxygen atoms in total. The van der Waals surface area contributed by atoms with E-state index in [4.69, 9.17) is 4.74 Å². The number of benzene rings is 1. The molecule has 0 N–H and O–H groups in total. The van der Waals surface area contributed by atoms with Gasteiger partial charge in [-0.3, -0.25) is 4.79 Å². The van der Waals surface area contributed by atoms with Crippen molar-refractivity contribution in [2.45, 2.75) is 51.7 Å². The summed E-state index contributed by atoms with van der Waals surface area (Å²) < 4.78 is 18.7. The van der Waals surface area contributed by atoms with Crippen molar-refractivity contribution in [2.75, 3.05) is 7.05 Å². The molecule has 1 amide bonds. The van der Waals surface area contributed by atoms with Gasteiger partial charge in [0, 0.05) is 19.2 Å². The van der Waals surface area contributed by atoms with E-state index in [0.717, 1.165) is 18.8 Å². The Morgan fingerprint density at radius 2 is 2.00 bits per heavy atom. The molecule has 4 heteroatoms. The zero-order valence-corrected chi connectivity index (χ0v) is 13.0. The summed E-state index contributed by atoms with van der Waals surface area (Å²) in [6, 6.07) is 6.19. The van der Waals surface area contributed by atoms with Gasteiger partial charge in [0.15, 0.2) is 6.10 Å². The van der Waals surface area contributed by atoms with E-state index in [2.05, 4.69) is 6.92 Å². The molecule has 1 aliphatic carbocycles. The van der Waals surface area contributed by atoms with Gasteiger partial charge in [-0.15, -0.1) is 0 Å². The molecule has 1 saturated carbocycles. The van der Waals surface area contributed by atoms with Gasteiger partial charge < -0.3 is 9.64 Å². The molecule has 1 atom stereocenters. The zero-order valence-electron chi connectivity index (χ0n) is 13.0. The van der Waals surface area contributed by atoms with Crippen LogP contribution in [0.25, 0.3) is 0 Å². The Labute approximate surface area is 126 Å². The van der Waals surface area contributed by atoms with Crippen molar-refractivity contribution in [3.63, 3.8) is 0 Å². The van der Waals surface area contributed by atoms with E-state index in [1.54, 1.807) is 24.0 Å². The zero-order chi connectivity index (χ0) is 15.4. The fraction of sp³-hybridized carbons (Fsp3) is 0.588. The molecular weight excluding hydrogens is 269 g/mol. The molecule has 116 valence electrons. The molecule has 1 unspecified atom stereocenters. The molecule has 0 spiro atoms. The Morgan fingerprint density at radius 3 is 2.62 bits per heavy atom. The van der Waals surface area contributed by atoms with E-state index in [1.165, 1.54) is 25.0 Å². The van der Waals surface area contributed by atoms with Gasteiger partial charge in [-0.1, -0.05) is 13.0 Å². The van der Waals surface area contributed by atoms with Crippen molar-refractivity contribution in [3.8, 4) is 5.75 Å². The average Bonchev–Trinajstić information content (AvgIpc) is 2.46. The highest BCUT2D eigenvalue weighted by atomic mass is 19.1. The Balaban J connectivity index is 1.92. The lowest BCUT2D eigenvalue weighted by molar-refractivity contribution is -0.139. The largest absolute Gasteiger partial charge is 0.481 e. The number of amides is 1. The van der Waals surface area contributed by atoms with E-state index in [-0.39, 0.29) is 11.7 Å². The molecule has 1 aromatic carbocycles. The summed E-state index contributed by atoms with van der Waals surface area (Å²) in [5, 5.41) is 0. The lowest BCUT2D eigenvalue weighted by Crippen LogP contribution is -2.45. The topological polar surface area (TPSA) is 29.5 Å². The first-order valence-corrected chi connectivity index (χ1v) is 7.66. The minimum Gasteiger partial charge on any atom is -0.481 e. The third kappa shape index (κ3) is 4.19. The third-order valence-corrected chi connectivity index (χ3v) is 4.34. The summed E-state index contributed by atoms with van der Waals surface area (Å²) >= 11 is 0. The van der Waals surface area contributed by atoms with Gasteiger partial charge in [0.1, 0.15) is 11.6 Å². The molecular formula is C17H24FNO2. The average molecular weight is 293 g/mol. The second-order valence-corrected chi connectivity index (χ2v) is 6.08. The molecule has 0 aliphatic heterocycles. The molecule has 0 radical (unpaired) electrons. The Bertz CT molecular complexity index is 483. The van der Waals surface area contributed by atoms with E-state index in [9.17, 15) is 9.18 Å². The number of hydrogen-bond donors (Lipinski definition) is 0. The summed E-state index contributed by atoms with van der Waals surface area (Å²) in [7, 11) is 1.84. The van der Waals surface area contributed by atoms with Gasteiger partial charge in [-0.05, 0) is 50.7 Å². The van der Waals surface area contributed by atoms with Gasteiger partial charge in [0.05, 0.1) is 0 Å². The van der Waals surface area contributed by atoms with Crippen LogP contribution < -0.4 is 4.74 Å². The fourth-order valence-electron chi connectivity index (χ4n) is 2.89. The number of carbonyl (C=O) groups is 1. The summed E-state index contributed by atoms with van der Waals surface area (Å²) in [5.74, 6) is 0.743. The fourth-order valence-corrected chi connectivity index (χ4v) is 2.89. The van der Waals surface area contributed by atoms with Crippen LogP contribution in [0, 0.1) is 11.7 Å². The van der Waals surface area contributed by atoms with Crippen LogP contribution in [0.15, 0.2) is 24.3 Å². The predicted molar refractivity (Wildman–Crippen MR) is 80.7 cm³/mol. The monoisotopic (exact) mass is 293 g/mol. The van der Waals surface area contributed by atoms with Crippen molar-refractivity contribution in [1.82, 2.24) is 4.90 Å². The summed E-state index contributed by atoms with van der Waals surface area (Å²) in [4.78, 5) is 14.2. The molecule has 21 heavy (non-hydrogen) atoms. The highest BCUT2D eigenvalue weighted by Gasteiger charge is 2.28. The number of carbonyl (C=O) groups excluding carboxylic acids is 1. The van der Waals surface area contributed by atoms with Crippen molar-refractivity contribution in [2.24, 2.45) is 5.92 Å². The highest BCUT2D eigenvalue weighted by molar-refractivity contribution is 5.81. The minimum absolute atomic E-state index is 0.0428.